The van der Waals surface area contributed by atoms with Crippen LogP contribution in [-0.4, -0.2) is 105 Å². The molecule has 1 unspecified atom stereocenters. The number of aromatic nitrogens is 2. The van der Waals surface area contributed by atoms with E-state index in [0.717, 1.165) is 69.0 Å². The fraction of sp³-hybridized carbons (Fsp3) is 0.512. The number of benzene rings is 2. The Kier molecular flexibility index (Phi) is 10.1. The number of nitrogens with two attached hydrogens (primary N) is 1. The summed E-state index contributed by atoms with van der Waals surface area (Å²) in [7, 11) is 0. The van der Waals surface area contributed by atoms with Crippen molar-refractivity contribution in [1.82, 2.24) is 24.5 Å². The van der Waals surface area contributed by atoms with Crippen molar-refractivity contribution in [2.24, 2.45) is 22.5 Å². The van der Waals surface area contributed by atoms with Crippen molar-refractivity contribution < 1.29 is 28.7 Å². The number of ether oxygens (including phenoxy) is 1. The number of nitriles is 1. The molecule has 2 N–H and O–H groups in total. The minimum absolute atomic E-state index is 0.0174. The number of anilines is 1. The van der Waals surface area contributed by atoms with E-state index >= 15 is 0 Å². The maximum absolute atomic E-state index is 14.4. The molecule has 14 nitrogen and oxygen atoms in total. The number of likely N-dealkylation sites (tertiary alicyclic amines) is 2. The number of primary amides is 1. The van der Waals surface area contributed by atoms with Crippen LogP contribution in [0.5, 0.6) is 5.75 Å². The Labute approximate surface area is 342 Å². The minimum Gasteiger partial charge on any atom is -0.489 e. The fourth-order valence-electron chi connectivity index (χ4n) is 10.7. The summed E-state index contributed by atoms with van der Waals surface area (Å²) in [4.78, 5) is 74.5. The topological polar surface area (TPSA) is 175 Å². The monoisotopic (exact) mass is 808 g/mol. The Morgan fingerprint density at radius 2 is 1.59 bits per heavy atom. The van der Waals surface area contributed by atoms with Gasteiger partial charge in [-0.2, -0.15) is 10.4 Å². The van der Waals surface area contributed by atoms with Gasteiger partial charge in [-0.3, -0.25) is 38.5 Å². The Hall–Kier alpha value is -5.26. The van der Waals surface area contributed by atoms with Gasteiger partial charge in [0.05, 0.1) is 33.8 Å². The van der Waals surface area contributed by atoms with Crippen LogP contribution in [0.25, 0.3) is 0 Å². The van der Waals surface area contributed by atoms with Crippen molar-refractivity contribution in [2.75, 3.05) is 37.6 Å². The molecule has 58 heavy (non-hydrogen) atoms. The molecule has 15 heteroatoms. The number of amides is 5. The van der Waals surface area contributed by atoms with Gasteiger partial charge in [0.25, 0.3) is 23.6 Å². The Morgan fingerprint density at radius 3 is 2.22 bits per heavy atom. The lowest BCUT2D eigenvalue weighted by molar-refractivity contribution is -0.216. The zero-order valence-electron chi connectivity index (χ0n) is 33.3. The summed E-state index contributed by atoms with van der Waals surface area (Å²) in [6.45, 7) is 12.3. The van der Waals surface area contributed by atoms with E-state index in [-0.39, 0.29) is 40.9 Å². The Morgan fingerprint density at radius 1 is 0.897 bits per heavy atom. The van der Waals surface area contributed by atoms with E-state index in [9.17, 15) is 29.2 Å². The predicted octanol–water partition coefficient (Wildman–Crippen LogP) is 5.06. The SMILES string of the molecule is CC1(C)C(Oc2ccc(C#N)c(Cl)c2)C(C)(C)C1N1C(=O)CCC(N2C(=O)c3ccc(N4CCC(CN5CCC(n6ccc(C(N)=O)n6)CC5)CC4)cc3C2=O)C1=O. The van der Waals surface area contributed by atoms with Crippen LogP contribution >= 0.6 is 11.6 Å². The first-order chi connectivity index (χ1) is 27.6. The molecule has 4 aliphatic heterocycles. The lowest BCUT2D eigenvalue weighted by Crippen LogP contribution is -2.77. The molecule has 2 aromatic carbocycles. The van der Waals surface area contributed by atoms with Gasteiger partial charge in [-0.1, -0.05) is 39.3 Å². The molecular weight excluding hydrogens is 760 g/mol. The molecule has 0 spiro atoms. The highest BCUT2D eigenvalue weighted by atomic mass is 35.5. The highest BCUT2D eigenvalue weighted by Crippen LogP contribution is 2.58. The molecule has 1 aromatic heterocycles. The van der Waals surface area contributed by atoms with Crippen molar-refractivity contribution >= 4 is 46.8 Å². The number of hydrogen-bond donors (Lipinski definition) is 1. The van der Waals surface area contributed by atoms with Crippen LogP contribution in [0.2, 0.25) is 5.02 Å². The minimum atomic E-state index is -1.11. The molecule has 1 aliphatic carbocycles. The number of nitrogens with zero attached hydrogens (tertiary/aromatic N) is 7. The molecule has 5 heterocycles. The van der Waals surface area contributed by atoms with Crippen LogP contribution in [0.15, 0.2) is 48.7 Å². The summed E-state index contributed by atoms with van der Waals surface area (Å²) in [5.74, 6) is -1.43. The van der Waals surface area contributed by atoms with Crippen LogP contribution in [0, 0.1) is 28.1 Å². The molecule has 5 amide bonds. The summed E-state index contributed by atoms with van der Waals surface area (Å²) >= 11 is 6.27. The number of rotatable bonds is 9. The second kappa shape index (κ2) is 14.8. The second-order valence-corrected chi connectivity index (χ2v) is 18.1. The molecule has 1 saturated carbocycles. The smallest absolute Gasteiger partial charge is 0.269 e. The number of piperidine rings is 3. The van der Waals surface area contributed by atoms with E-state index in [0.29, 0.717) is 22.9 Å². The van der Waals surface area contributed by atoms with Gasteiger partial charge in [0, 0.05) is 67.9 Å². The van der Waals surface area contributed by atoms with Crippen molar-refractivity contribution in [1.29, 1.82) is 5.26 Å². The first-order valence-corrected chi connectivity index (χ1v) is 20.5. The van der Waals surface area contributed by atoms with Gasteiger partial charge in [0.15, 0.2) is 0 Å². The molecule has 8 rings (SSSR count). The van der Waals surface area contributed by atoms with Gasteiger partial charge in [0.2, 0.25) is 5.91 Å². The number of hydrogen-bond acceptors (Lipinski definition) is 10. The summed E-state index contributed by atoms with van der Waals surface area (Å²) in [6, 6.07) is 12.5. The summed E-state index contributed by atoms with van der Waals surface area (Å²) in [5, 5.41) is 13.9. The molecule has 1 atom stereocenters. The van der Waals surface area contributed by atoms with Crippen LogP contribution in [0.3, 0.4) is 0 Å². The molecule has 3 saturated heterocycles. The van der Waals surface area contributed by atoms with Crippen molar-refractivity contribution in [3.63, 3.8) is 0 Å². The van der Waals surface area contributed by atoms with E-state index in [1.165, 1.54) is 4.90 Å². The van der Waals surface area contributed by atoms with Crippen molar-refractivity contribution in [2.45, 2.75) is 90.4 Å². The second-order valence-electron chi connectivity index (χ2n) is 17.7. The van der Waals surface area contributed by atoms with E-state index in [2.05, 4.69) is 14.9 Å². The van der Waals surface area contributed by atoms with Gasteiger partial charge < -0.3 is 20.3 Å². The first-order valence-electron chi connectivity index (χ1n) is 20.2. The van der Waals surface area contributed by atoms with E-state index in [4.69, 9.17) is 22.1 Å². The lowest BCUT2D eigenvalue weighted by Gasteiger charge is -2.65. The third-order valence-electron chi connectivity index (χ3n) is 13.3. The Bertz CT molecular complexity index is 2210. The molecular formula is C43H49ClN8O6. The average molecular weight is 809 g/mol. The maximum Gasteiger partial charge on any atom is 0.269 e. The normalized spacial score (nSPS) is 25.1. The van der Waals surface area contributed by atoms with Crippen molar-refractivity contribution in [3.8, 4) is 11.8 Å². The standard InChI is InChI=1S/C43H49ClN8O6/c1-42(2)40(43(3,4)41(42)58-29-7-5-26(23-45)32(44)22-29)52-35(53)10-9-34(39(52)57)51-37(55)30-8-6-28(21-31(30)38(51)56)49-18-11-25(12-19-49)24-48-16-13-27(14-17-48)50-20-15-33(47-50)36(46)54/h5-8,15,20-22,25,27,34,40-41H,9-14,16-19,24H2,1-4H3,(H2,46,54). The molecule has 304 valence electrons. The zero-order chi connectivity index (χ0) is 41.3. The number of imide groups is 2. The number of halogens is 1. The molecule has 0 bridgehead atoms. The third-order valence-corrected chi connectivity index (χ3v) is 13.6. The summed E-state index contributed by atoms with van der Waals surface area (Å²) in [5.41, 5.74) is 6.02. The molecule has 0 radical (unpaired) electrons. The van der Waals surface area contributed by atoms with Gasteiger partial charge in [-0.05, 0) is 74.4 Å². The molecule has 4 fully saturated rings. The van der Waals surface area contributed by atoms with Gasteiger partial charge in [-0.25, -0.2) is 0 Å². The Balaban J connectivity index is 0.893. The van der Waals surface area contributed by atoms with Crippen molar-refractivity contribution in [3.05, 3.63) is 76.1 Å². The lowest BCUT2D eigenvalue weighted by atomic mass is 9.48. The van der Waals surface area contributed by atoms with Crippen LogP contribution in [-0.2, 0) is 9.59 Å². The quantitative estimate of drug-likeness (QED) is 0.288. The van der Waals surface area contributed by atoms with Crippen LogP contribution in [0.4, 0.5) is 5.69 Å². The number of fused-ring (bicyclic) bond motifs is 1. The highest BCUT2D eigenvalue weighted by Gasteiger charge is 2.68. The van der Waals surface area contributed by atoms with Gasteiger partial charge in [0.1, 0.15) is 29.7 Å². The molecule has 3 aromatic rings. The predicted molar refractivity (Wildman–Crippen MR) is 214 cm³/mol. The van der Waals surface area contributed by atoms with Gasteiger partial charge >= 0.3 is 0 Å². The number of carbonyl (C=O) groups excluding carboxylic acids is 5. The van der Waals surface area contributed by atoms with Crippen LogP contribution < -0.4 is 15.4 Å². The third kappa shape index (κ3) is 6.71. The van der Waals surface area contributed by atoms with Crippen LogP contribution in [0.1, 0.15) is 109 Å². The summed E-state index contributed by atoms with van der Waals surface area (Å²) < 4.78 is 8.27. The highest BCUT2D eigenvalue weighted by molar-refractivity contribution is 6.31. The number of carbonyl (C=O) groups is 5. The fourth-order valence-corrected chi connectivity index (χ4v) is 10.9. The van der Waals surface area contributed by atoms with E-state index in [1.807, 2.05) is 50.7 Å². The first kappa shape index (κ1) is 39.6. The average Bonchev–Trinajstić information content (AvgIpc) is 3.79. The molecule has 5 aliphatic rings. The largest absolute Gasteiger partial charge is 0.489 e. The summed E-state index contributed by atoms with van der Waals surface area (Å²) in [6.07, 6.45) is 5.41. The van der Waals surface area contributed by atoms with E-state index in [1.54, 1.807) is 36.4 Å². The van der Waals surface area contributed by atoms with E-state index < -0.39 is 52.6 Å². The zero-order valence-corrected chi connectivity index (χ0v) is 34.1. The van der Waals surface area contributed by atoms with Gasteiger partial charge in [-0.15, -0.1) is 0 Å². The maximum atomic E-state index is 14.4.